The Bertz CT molecular complexity index is 1980. The number of rotatable bonds is 9. The second-order valence-electron chi connectivity index (χ2n) is 10.8. The van der Waals surface area contributed by atoms with Gasteiger partial charge in [0.25, 0.3) is 0 Å². The predicted molar refractivity (Wildman–Crippen MR) is 198 cm³/mol. The summed E-state index contributed by atoms with van der Waals surface area (Å²) >= 11 is 0. The Morgan fingerprint density at radius 1 is 0.604 bits per heavy atom. The number of hydrogen-bond acceptors (Lipinski definition) is 9. The fourth-order valence-corrected chi connectivity index (χ4v) is 4.25. The van der Waals surface area contributed by atoms with Crippen LogP contribution in [0.5, 0.6) is 11.5 Å². The first-order valence-corrected chi connectivity index (χ1v) is 16.3. The molecule has 3 aromatic carbocycles. The monoisotopic (exact) mass is 883 g/mol. The molecule has 0 aliphatic heterocycles. The van der Waals surface area contributed by atoms with Crippen LogP contribution >= 0.6 is 0 Å². The molecular weight excluding hydrogens is 847 g/mol. The number of ether oxygens (including phenoxy) is 3. The van der Waals surface area contributed by atoms with Crippen molar-refractivity contribution in [1.82, 2.24) is 15.0 Å². The molecule has 53 heavy (non-hydrogen) atoms. The number of benzene rings is 3. The maximum absolute atomic E-state index is 11.7. The average molecular weight is 883 g/mol. The van der Waals surface area contributed by atoms with Crippen molar-refractivity contribution in [2.75, 3.05) is 0 Å². The normalized spacial score (nSPS) is 9.72. The minimum Gasteiger partial charge on any atom is -0.447 e. The van der Waals surface area contributed by atoms with Crippen LogP contribution in [0.3, 0.4) is 0 Å². The first-order chi connectivity index (χ1) is 25.2. The molecule has 3 aromatic heterocycles. The van der Waals surface area contributed by atoms with Gasteiger partial charge in [-0.2, -0.15) is 0 Å². The van der Waals surface area contributed by atoms with Gasteiger partial charge in [-0.05, 0) is 47.8 Å². The molecule has 6 rings (SSSR count). The third-order valence-corrected chi connectivity index (χ3v) is 6.71. The van der Waals surface area contributed by atoms with Gasteiger partial charge < -0.3 is 29.2 Å². The van der Waals surface area contributed by atoms with Gasteiger partial charge in [0.2, 0.25) is 0 Å². The summed E-state index contributed by atoms with van der Waals surface area (Å²) in [5.74, 6) is 0.500. The maximum Gasteiger partial charge on any atom is 3.00 e. The van der Waals surface area contributed by atoms with Crippen LogP contribution in [0.4, 0.5) is 0 Å². The molecule has 0 aliphatic carbocycles. The molecule has 6 aromatic rings. The molecule has 0 aliphatic rings. The molecule has 0 saturated carbocycles. The van der Waals surface area contributed by atoms with E-state index in [9.17, 15) is 14.4 Å². The molecule has 10 heteroatoms. The van der Waals surface area contributed by atoms with Gasteiger partial charge >= 0.3 is 38.0 Å². The molecular formula is C43H36IrN3O6. The van der Waals surface area contributed by atoms with Crippen molar-refractivity contribution in [3.63, 3.8) is 0 Å². The van der Waals surface area contributed by atoms with Crippen LogP contribution in [-0.4, -0.2) is 32.9 Å². The topological polar surface area (TPSA) is 118 Å². The molecule has 0 bridgehead atoms. The number of nitrogens with zero attached hydrogens (tertiary/aromatic N) is 3. The van der Waals surface area contributed by atoms with Gasteiger partial charge in [0, 0.05) is 31.4 Å². The number of esters is 3. The van der Waals surface area contributed by atoms with Gasteiger partial charge in [-0.3, -0.25) is 9.59 Å². The molecule has 9 nitrogen and oxygen atoms in total. The Hall–Kier alpha value is -6.09. The second-order valence-corrected chi connectivity index (χ2v) is 10.8. The van der Waals surface area contributed by atoms with Gasteiger partial charge in [0.15, 0.2) is 0 Å². The maximum atomic E-state index is 11.7. The van der Waals surface area contributed by atoms with Crippen LogP contribution in [0.1, 0.15) is 44.0 Å². The van der Waals surface area contributed by atoms with E-state index >= 15 is 0 Å². The van der Waals surface area contributed by atoms with Crippen LogP contribution in [0.15, 0.2) is 140 Å². The molecule has 0 fully saturated rings. The van der Waals surface area contributed by atoms with Gasteiger partial charge in [0.1, 0.15) is 0 Å². The molecule has 0 radical (unpaired) electrons. The summed E-state index contributed by atoms with van der Waals surface area (Å²) < 4.78 is 15.2. The van der Waals surface area contributed by atoms with Crippen molar-refractivity contribution in [2.24, 2.45) is 0 Å². The smallest absolute Gasteiger partial charge is 0.447 e. The van der Waals surface area contributed by atoms with Gasteiger partial charge in [0.05, 0.1) is 17.3 Å². The molecule has 0 atom stereocenters. The largest absolute Gasteiger partial charge is 3.00 e. The zero-order valence-electron chi connectivity index (χ0n) is 29.4. The van der Waals surface area contributed by atoms with E-state index in [1.165, 1.54) is 0 Å². The summed E-state index contributed by atoms with van der Waals surface area (Å²) in [6, 6.07) is 41.4. The Labute approximate surface area is 323 Å². The van der Waals surface area contributed by atoms with E-state index in [-0.39, 0.29) is 32.0 Å². The Balaban J connectivity index is 0.000000212. The summed E-state index contributed by atoms with van der Waals surface area (Å²) in [6.45, 7) is 8.69. The Kier molecular flexibility index (Phi) is 17.1. The minimum absolute atomic E-state index is 0. The van der Waals surface area contributed by atoms with Crippen molar-refractivity contribution in [3.05, 3.63) is 164 Å². The van der Waals surface area contributed by atoms with E-state index in [1.807, 2.05) is 54.6 Å². The van der Waals surface area contributed by atoms with Crippen molar-refractivity contribution < 1.29 is 48.7 Å². The van der Waals surface area contributed by atoms with E-state index in [0.29, 0.717) is 35.7 Å². The molecule has 3 heterocycles. The number of aromatic nitrogens is 3. The van der Waals surface area contributed by atoms with Crippen molar-refractivity contribution in [3.8, 4) is 45.3 Å². The molecule has 0 spiro atoms. The van der Waals surface area contributed by atoms with Crippen LogP contribution in [-0.2, 0) is 34.4 Å². The van der Waals surface area contributed by atoms with Gasteiger partial charge in [-0.1, -0.05) is 56.8 Å². The summed E-state index contributed by atoms with van der Waals surface area (Å²) in [4.78, 5) is 46.7. The minimum atomic E-state index is -0.423. The first kappa shape index (κ1) is 41.3. The van der Waals surface area contributed by atoms with Gasteiger partial charge in [-0.15, -0.1) is 89.5 Å². The third kappa shape index (κ3) is 13.9. The number of hydrogen-bond donors (Lipinski definition) is 0. The predicted octanol–water partition coefficient (Wildman–Crippen LogP) is 8.97. The average Bonchev–Trinajstić information content (AvgIpc) is 3.19. The quantitative estimate of drug-likeness (QED) is 0.0607. The summed E-state index contributed by atoms with van der Waals surface area (Å²) in [5.41, 5.74) is 5.22. The first-order valence-electron chi connectivity index (χ1n) is 16.3. The third-order valence-electron chi connectivity index (χ3n) is 6.71. The molecule has 0 unspecified atom stereocenters. The number of pyridine rings is 3. The summed E-state index contributed by atoms with van der Waals surface area (Å²) in [5, 5.41) is 0. The van der Waals surface area contributed by atoms with Crippen LogP contribution in [0.2, 0.25) is 0 Å². The SMILES string of the molecule is C=C(C)OC(=O)c1cc[c-]c(-c2ccccn2)c1.CCC(=O)Oc1cc[c-]c(-c2ccccn2)c1.CCC(=O)Oc1cc[c-]c(-c2ccccn2)c1.[Ir+3]. The van der Waals surface area contributed by atoms with Crippen LogP contribution in [0, 0.1) is 18.2 Å². The van der Waals surface area contributed by atoms with E-state index in [0.717, 1.165) is 33.8 Å². The van der Waals surface area contributed by atoms with Crippen LogP contribution < -0.4 is 9.47 Å². The number of carbonyl (C=O) groups excluding carboxylic acids is 3. The molecule has 0 saturated heterocycles. The van der Waals surface area contributed by atoms with E-state index in [2.05, 4.69) is 39.7 Å². The summed E-state index contributed by atoms with van der Waals surface area (Å²) in [6.07, 6.45) is 5.85. The fourth-order valence-electron chi connectivity index (χ4n) is 4.25. The molecule has 0 N–H and O–H groups in total. The molecule has 0 amide bonds. The number of allylic oxidation sites excluding steroid dienone is 1. The zero-order valence-corrected chi connectivity index (χ0v) is 31.8. The van der Waals surface area contributed by atoms with Crippen molar-refractivity contribution in [1.29, 1.82) is 0 Å². The van der Waals surface area contributed by atoms with E-state index in [1.54, 1.807) is 94.0 Å². The Morgan fingerprint density at radius 3 is 1.36 bits per heavy atom. The zero-order chi connectivity index (χ0) is 37.1. The van der Waals surface area contributed by atoms with E-state index in [4.69, 9.17) is 14.2 Å². The summed E-state index contributed by atoms with van der Waals surface area (Å²) in [7, 11) is 0. The molecule has 268 valence electrons. The Morgan fingerprint density at radius 2 is 1.00 bits per heavy atom. The van der Waals surface area contributed by atoms with Crippen LogP contribution in [0.25, 0.3) is 33.8 Å². The van der Waals surface area contributed by atoms with Crippen molar-refractivity contribution in [2.45, 2.75) is 33.6 Å². The van der Waals surface area contributed by atoms with Gasteiger partial charge in [-0.25, -0.2) is 4.79 Å². The second kappa shape index (κ2) is 22.0. The fraction of sp³-hybridized carbons (Fsp3) is 0.116. The standard InChI is InChI=1S/C15H12NO2.2C14H12NO2.Ir/c1-11(2)18-15(17)13-7-5-6-12(10-13)14-8-3-4-9-16-14;2*1-2-14(16)17-12-7-5-6-11(10-12)13-8-3-4-9-15-13;/h3-5,7-10H,1H2,2H3;2*3-5,7-10H,2H2,1H3;/q3*-1;+3. The van der Waals surface area contributed by atoms with Crippen molar-refractivity contribution >= 4 is 17.9 Å². The van der Waals surface area contributed by atoms with E-state index < -0.39 is 5.97 Å². The number of carbonyl (C=O) groups is 3.